The number of carbonyl (C=O) groups excluding carboxylic acids is 1. The quantitative estimate of drug-likeness (QED) is 0.343. The average molecular weight is 400 g/mol. The van der Waals surface area contributed by atoms with Crippen LogP contribution < -0.4 is 10.2 Å². The Morgan fingerprint density at radius 2 is 1.60 bits per heavy atom. The van der Waals surface area contributed by atoms with Crippen LogP contribution in [0.2, 0.25) is 0 Å². The van der Waals surface area contributed by atoms with E-state index in [9.17, 15) is 9.18 Å². The molecule has 0 unspecified atom stereocenters. The monoisotopic (exact) mass is 400 g/mol. The number of benzene rings is 3. The zero-order valence-corrected chi connectivity index (χ0v) is 17.1. The lowest BCUT2D eigenvalue weighted by atomic mass is 9.96. The molecule has 0 amide bonds. The largest absolute Gasteiger partial charge is 0.493 e. The molecule has 152 valence electrons. The summed E-state index contributed by atoms with van der Waals surface area (Å²) in [4.78, 5) is 12.3. The molecule has 0 saturated heterocycles. The number of rotatable bonds is 11. The molecule has 30 heavy (non-hydrogen) atoms. The minimum Gasteiger partial charge on any atom is -0.493 e. The highest BCUT2D eigenvalue weighted by atomic mass is 19.1. The van der Waals surface area contributed by atoms with Crippen LogP contribution in [0.4, 0.5) is 4.39 Å². The summed E-state index contributed by atoms with van der Waals surface area (Å²) < 4.78 is 19.1. The molecule has 0 bridgehead atoms. The molecule has 0 saturated carbocycles. The van der Waals surface area contributed by atoms with E-state index in [0.29, 0.717) is 31.6 Å². The van der Waals surface area contributed by atoms with Crippen LogP contribution in [-0.4, -0.2) is 20.2 Å². The molecule has 4 heteroatoms. The molecular weight excluding hydrogens is 374 g/mol. The van der Waals surface area contributed by atoms with Gasteiger partial charge in [0.1, 0.15) is 25.2 Å². The van der Waals surface area contributed by atoms with Crippen molar-refractivity contribution in [3.05, 3.63) is 95.3 Å². The summed E-state index contributed by atoms with van der Waals surface area (Å²) >= 11 is 0. The summed E-state index contributed by atoms with van der Waals surface area (Å²) in [6.07, 6.45) is 4.72. The number of ether oxygens (including phenoxy) is 1. The van der Waals surface area contributed by atoms with Crippen LogP contribution in [0.15, 0.2) is 72.8 Å². The predicted molar refractivity (Wildman–Crippen MR) is 120 cm³/mol. The number of aryl methyl sites for hydroxylation is 1. The highest BCUT2D eigenvalue weighted by Crippen LogP contribution is 2.13. The second-order valence-corrected chi connectivity index (χ2v) is 7.51. The molecule has 3 aromatic carbocycles. The highest BCUT2D eigenvalue weighted by molar-refractivity contribution is 6.32. The molecular formula is C26H26BFO2. The molecule has 3 rings (SSSR count). The van der Waals surface area contributed by atoms with Crippen LogP contribution >= 0.6 is 0 Å². The summed E-state index contributed by atoms with van der Waals surface area (Å²) in [6, 6.07) is 22.8. The van der Waals surface area contributed by atoms with Crippen molar-refractivity contribution in [2.75, 3.05) is 6.61 Å². The van der Waals surface area contributed by atoms with Gasteiger partial charge in [0.05, 0.1) is 6.61 Å². The number of hydrogen-bond donors (Lipinski definition) is 0. The third kappa shape index (κ3) is 7.18. The van der Waals surface area contributed by atoms with Gasteiger partial charge in [-0.25, -0.2) is 4.39 Å². The van der Waals surface area contributed by atoms with Crippen molar-refractivity contribution < 1.29 is 13.9 Å². The van der Waals surface area contributed by atoms with Crippen LogP contribution in [0.3, 0.4) is 0 Å². The van der Waals surface area contributed by atoms with Crippen LogP contribution in [0.1, 0.15) is 36.0 Å². The van der Waals surface area contributed by atoms with Crippen LogP contribution in [0.5, 0.6) is 5.75 Å². The minimum atomic E-state index is -0.475. The fourth-order valence-electron chi connectivity index (χ4n) is 3.39. The predicted octanol–water partition coefficient (Wildman–Crippen LogP) is 4.77. The van der Waals surface area contributed by atoms with Gasteiger partial charge in [-0.1, -0.05) is 66.1 Å². The number of hydrogen-bond acceptors (Lipinski definition) is 2. The van der Waals surface area contributed by atoms with Crippen molar-refractivity contribution in [1.82, 2.24) is 0 Å². The maximum absolute atomic E-state index is 13.5. The Balaban J connectivity index is 1.39. The molecule has 3 aromatic rings. The second kappa shape index (κ2) is 11.3. The van der Waals surface area contributed by atoms with Gasteiger partial charge < -0.3 is 4.74 Å². The van der Waals surface area contributed by atoms with Crippen molar-refractivity contribution in [2.24, 2.45) is 0 Å². The van der Waals surface area contributed by atoms with Crippen LogP contribution in [0.25, 0.3) is 0 Å². The molecule has 2 nitrogen and oxygen atoms in total. The van der Waals surface area contributed by atoms with E-state index in [1.165, 1.54) is 17.7 Å². The Kier molecular flexibility index (Phi) is 8.25. The lowest BCUT2D eigenvalue weighted by molar-refractivity contribution is -0.118. The van der Waals surface area contributed by atoms with Gasteiger partial charge in [-0.3, -0.25) is 4.79 Å². The van der Waals surface area contributed by atoms with Crippen molar-refractivity contribution >= 4 is 19.1 Å². The maximum Gasteiger partial charge on any atom is 0.137 e. The van der Waals surface area contributed by atoms with E-state index in [1.807, 2.05) is 36.4 Å². The lowest BCUT2D eigenvalue weighted by Gasteiger charge is -2.09. The van der Waals surface area contributed by atoms with Gasteiger partial charge in [0.25, 0.3) is 0 Å². The Bertz CT molecular complexity index is 956. The SMILES string of the molecule is [B]c1ccc(OCCc2cccc(CC(=O)CCCCc3ccccc3)c2)cc1F. The topological polar surface area (TPSA) is 26.3 Å². The van der Waals surface area contributed by atoms with Crippen LogP contribution in [-0.2, 0) is 24.1 Å². The van der Waals surface area contributed by atoms with Crippen molar-refractivity contribution in [3.63, 3.8) is 0 Å². The van der Waals surface area contributed by atoms with E-state index in [4.69, 9.17) is 12.6 Å². The Labute approximate surface area is 179 Å². The Morgan fingerprint density at radius 1 is 0.833 bits per heavy atom. The first-order valence-corrected chi connectivity index (χ1v) is 10.4. The molecule has 0 atom stereocenters. The van der Waals surface area contributed by atoms with Gasteiger partial charge in [0, 0.05) is 25.3 Å². The van der Waals surface area contributed by atoms with E-state index < -0.39 is 5.82 Å². The van der Waals surface area contributed by atoms with E-state index in [0.717, 1.165) is 30.4 Å². The standard InChI is InChI=1S/C26H26BFO2/c27-25-14-13-24(19-26(25)28)30-16-15-21-10-6-11-22(17-21)18-23(29)12-5-4-9-20-7-2-1-3-8-20/h1-3,6-8,10-11,13-14,17,19H,4-5,9,12,15-16,18H2. The zero-order chi connectivity index (χ0) is 21.2. The summed E-state index contributed by atoms with van der Waals surface area (Å²) in [7, 11) is 5.47. The summed E-state index contributed by atoms with van der Waals surface area (Å²) in [5.74, 6) is 0.258. The van der Waals surface area contributed by atoms with E-state index >= 15 is 0 Å². The number of ketones is 1. The molecule has 0 N–H and O–H groups in total. The van der Waals surface area contributed by atoms with Gasteiger partial charge in [-0.2, -0.15) is 0 Å². The first kappa shape index (κ1) is 21.8. The Hall–Kier alpha value is -2.88. The molecule has 2 radical (unpaired) electrons. The van der Waals surface area contributed by atoms with Gasteiger partial charge in [0.2, 0.25) is 0 Å². The maximum atomic E-state index is 13.5. The molecule has 0 spiro atoms. The summed E-state index contributed by atoms with van der Waals surface area (Å²) in [5, 5.41) is 0. The molecule has 0 aliphatic carbocycles. The van der Waals surface area contributed by atoms with E-state index in [2.05, 4.69) is 18.2 Å². The van der Waals surface area contributed by atoms with Crippen molar-refractivity contribution in [2.45, 2.75) is 38.5 Å². The van der Waals surface area contributed by atoms with Gasteiger partial charge >= 0.3 is 0 Å². The first-order chi connectivity index (χ1) is 14.6. The fraction of sp³-hybridized carbons (Fsp3) is 0.269. The second-order valence-electron chi connectivity index (χ2n) is 7.51. The summed E-state index contributed by atoms with van der Waals surface area (Å²) in [6.45, 7) is 0.431. The smallest absolute Gasteiger partial charge is 0.137 e. The third-order valence-electron chi connectivity index (χ3n) is 5.04. The number of Topliss-reactive ketones (excluding diaryl/α,β-unsaturated/α-hetero) is 1. The number of halogens is 1. The molecule has 0 heterocycles. The highest BCUT2D eigenvalue weighted by Gasteiger charge is 2.06. The molecule has 0 aromatic heterocycles. The number of carbonyl (C=O) groups is 1. The van der Waals surface area contributed by atoms with Crippen molar-refractivity contribution in [1.29, 1.82) is 0 Å². The summed E-state index contributed by atoms with van der Waals surface area (Å²) in [5.41, 5.74) is 3.56. The first-order valence-electron chi connectivity index (χ1n) is 10.4. The minimum absolute atomic E-state index is 0.111. The third-order valence-corrected chi connectivity index (χ3v) is 5.04. The van der Waals surface area contributed by atoms with Gasteiger partial charge in [0.15, 0.2) is 0 Å². The van der Waals surface area contributed by atoms with E-state index in [1.54, 1.807) is 6.07 Å². The lowest BCUT2D eigenvalue weighted by Crippen LogP contribution is -2.09. The normalized spacial score (nSPS) is 10.7. The van der Waals surface area contributed by atoms with Crippen molar-refractivity contribution in [3.8, 4) is 5.75 Å². The number of unbranched alkanes of at least 4 members (excludes halogenated alkanes) is 1. The zero-order valence-electron chi connectivity index (χ0n) is 17.1. The fourth-order valence-corrected chi connectivity index (χ4v) is 3.39. The van der Waals surface area contributed by atoms with E-state index in [-0.39, 0.29) is 11.2 Å². The molecule has 0 aliphatic heterocycles. The van der Waals surface area contributed by atoms with Gasteiger partial charge in [-0.05, 0) is 42.0 Å². The molecule has 0 aliphatic rings. The van der Waals surface area contributed by atoms with Crippen LogP contribution in [0, 0.1) is 5.82 Å². The average Bonchev–Trinajstić information content (AvgIpc) is 2.75. The molecule has 0 fully saturated rings. The Morgan fingerprint density at radius 3 is 2.40 bits per heavy atom. The van der Waals surface area contributed by atoms with Gasteiger partial charge in [-0.15, -0.1) is 0 Å².